The SMILES string of the molecule is CCC(C)N1C(=O)CN(C)c2cc(Br)ccc21. The highest BCUT2D eigenvalue weighted by Crippen LogP contribution is 2.36. The van der Waals surface area contributed by atoms with E-state index < -0.39 is 0 Å². The van der Waals surface area contributed by atoms with Gasteiger partial charge in [0.15, 0.2) is 0 Å². The number of benzene rings is 1. The van der Waals surface area contributed by atoms with Gasteiger partial charge in [0, 0.05) is 17.6 Å². The van der Waals surface area contributed by atoms with Crippen LogP contribution in [0.15, 0.2) is 22.7 Å². The Morgan fingerprint density at radius 2 is 2.12 bits per heavy atom. The van der Waals surface area contributed by atoms with Gasteiger partial charge in [0.2, 0.25) is 5.91 Å². The molecule has 0 aliphatic carbocycles. The van der Waals surface area contributed by atoms with Gasteiger partial charge in [0.1, 0.15) is 0 Å². The van der Waals surface area contributed by atoms with Crippen LogP contribution in [0.4, 0.5) is 11.4 Å². The molecule has 2 rings (SSSR count). The molecule has 1 aromatic rings. The molecule has 3 nitrogen and oxygen atoms in total. The Kier molecular flexibility index (Phi) is 3.43. The Morgan fingerprint density at radius 1 is 1.41 bits per heavy atom. The Bertz CT molecular complexity index is 447. The largest absolute Gasteiger partial charge is 0.364 e. The molecular weight excluding hydrogens is 280 g/mol. The minimum Gasteiger partial charge on any atom is -0.364 e. The molecule has 4 heteroatoms. The summed E-state index contributed by atoms with van der Waals surface area (Å²) < 4.78 is 1.04. The predicted octanol–water partition coefficient (Wildman–Crippen LogP) is 3.03. The number of carbonyl (C=O) groups excluding carboxylic acids is 1. The quantitative estimate of drug-likeness (QED) is 0.837. The van der Waals surface area contributed by atoms with Gasteiger partial charge in [-0.15, -0.1) is 0 Å². The summed E-state index contributed by atoms with van der Waals surface area (Å²) in [6.45, 7) is 4.65. The zero-order valence-corrected chi connectivity index (χ0v) is 12.0. The average molecular weight is 297 g/mol. The fourth-order valence-electron chi connectivity index (χ4n) is 2.17. The lowest BCUT2D eigenvalue weighted by molar-refractivity contribution is -0.118. The van der Waals surface area contributed by atoms with E-state index in [1.807, 2.05) is 29.0 Å². The first kappa shape index (κ1) is 12.4. The van der Waals surface area contributed by atoms with Crippen LogP contribution in [0.1, 0.15) is 20.3 Å². The van der Waals surface area contributed by atoms with Gasteiger partial charge in [-0.3, -0.25) is 4.79 Å². The molecule has 1 atom stereocenters. The van der Waals surface area contributed by atoms with Crippen LogP contribution >= 0.6 is 15.9 Å². The molecule has 0 aromatic heterocycles. The number of hydrogen-bond acceptors (Lipinski definition) is 2. The van der Waals surface area contributed by atoms with E-state index in [0.29, 0.717) is 6.54 Å². The number of rotatable bonds is 2. The number of nitrogens with zero attached hydrogens (tertiary/aromatic N) is 2. The van der Waals surface area contributed by atoms with Gasteiger partial charge in [-0.1, -0.05) is 22.9 Å². The minimum absolute atomic E-state index is 0.177. The maximum atomic E-state index is 12.1. The molecule has 0 bridgehead atoms. The van der Waals surface area contributed by atoms with Gasteiger partial charge in [0.05, 0.1) is 17.9 Å². The van der Waals surface area contributed by atoms with E-state index in [2.05, 4.69) is 35.8 Å². The summed E-state index contributed by atoms with van der Waals surface area (Å²) >= 11 is 3.48. The topological polar surface area (TPSA) is 23.6 Å². The Hall–Kier alpha value is -1.03. The van der Waals surface area contributed by atoms with E-state index in [9.17, 15) is 4.79 Å². The van der Waals surface area contributed by atoms with Crippen LogP contribution in [0.3, 0.4) is 0 Å². The molecule has 0 saturated carbocycles. The van der Waals surface area contributed by atoms with Gasteiger partial charge in [-0.2, -0.15) is 0 Å². The number of likely N-dealkylation sites (N-methyl/N-ethyl adjacent to an activating group) is 1. The summed E-state index contributed by atoms with van der Waals surface area (Å²) in [7, 11) is 1.96. The van der Waals surface area contributed by atoms with Gasteiger partial charge in [-0.05, 0) is 31.5 Å². The van der Waals surface area contributed by atoms with Gasteiger partial charge < -0.3 is 9.80 Å². The molecule has 0 spiro atoms. The Morgan fingerprint density at radius 3 is 2.76 bits per heavy atom. The zero-order chi connectivity index (χ0) is 12.6. The molecule has 1 aromatic carbocycles. The number of anilines is 2. The van der Waals surface area contributed by atoms with Crippen molar-refractivity contribution < 1.29 is 4.79 Å². The molecule has 0 fully saturated rings. The van der Waals surface area contributed by atoms with Crippen LogP contribution in [0.2, 0.25) is 0 Å². The zero-order valence-electron chi connectivity index (χ0n) is 10.4. The molecule has 1 unspecified atom stereocenters. The maximum Gasteiger partial charge on any atom is 0.246 e. The van der Waals surface area contributed by atoms with E-state index >= 15 is 0 Å². The van der Waals surface area contributed by atoms with Crippen molar-refractivity contribution in [3.63, 3.8) is 0 Å². The molecule has 1 aliphatic rings. The van der Waals surface area contributed by atoms with Crippen molar-refractivity contribution >= 4 is 33.2 Å². The second-order valence-electron chi connectivity index (χ2n) is 4.51. The second-order valence-corrected chi connectivity index (χ2v) is 5.43. The first-order chi connectivity index (χ1) is 8.04. The Balaban J connectivity index is 2.50. The minimum atomic E-state index is 0.177. The van der Waals surface area contributed by atoms with E-state index in [0.717, 1.165) is 22.3 Å². The van der Waals surface area contributed by atoms with Gasteiger partial charge in [0.25, 0.3) is 0 Å². The predicted molar refractivity (Wildman–Crippen MR) is 74.7 cm³/mol. The fourth-order valence-corrected chi connectivity index (χ4v) is 2.52. The van der Waals surface area contributed by atoms with Crippen molar-refractivity contribution in [1.29, 1.82) is 0 Å². The fraction of sp³-hybridized carbons (Fsp3) is 0.462. The van der Waals surface area contributed by atoms with Crippen LogP contribution < -0.4 is 9.80 Å². The van der Waals surface area contributed by atoms with E-state index in [1.54, 1.807) is 0 Å². The summed E-state index contributed by atoms with van der Waals surface area (Å²) in [6, 6.07) is 6.31. The Labute approximate surface area is 111 Å². The number of amides is 1. The van der Waals surface area contributed by atoms with Crippen molar-refractivity contribution in [3.05, 3.63) is 22.7 Å². The monoisotopic (exact) mass is 296 g/mol. The summed E-state index contributed by atoms with van der Waals surface area (Å²) in [5.74, 6) is 0.177. The van der Waals surface area contributed by atoms with Crippen molar-refractivity contribution in [2.45, 2.75) is 26.3 Å². The van der Waals surface area contributed by atoms with E-state index in [4.69, 9.17) is 0 Å². The molecule has 1 aliphatic heterocycles. The molecule has 17 heavy (non-hydrogen) atoms. The number of halogens is 1. The van der Waals surface area contributed by atoms with E-state index in [1.165, 1.54) is 0 Å². The lowest BCUT2D eigenvalue weighted by atomic mass is 10.1. The molecule has 1 amide bonds. The second kappa shape index (κ2) is 4.69. The molecular formula is C13H17BrN2O. The normalized spacial score (nSPS) is 17.1. The third-order valence-electron chi connectivity index (χ3n) is 3.28. The van der Waals surface area contributed by atoms with Crippen LogP contribution in [0, 0.1) is 0 Å². The van der Waals surface area contributed by atoms with Crippen LogP contribution in [-0.4, -0.2) is 25.5 Å². The van der Waals surface area contributed by atoms with Crippen molar-refractivity contribution in [1.82, 2.24) is 0 Å². The highest BCUT2D eigenvalue weighted by Gasteiger charge is 2.29. The van der Waals surface area contributed by atoms with Crippen LogP contribution in [-0.2, 0) is 4.79 Å². The number of carbonyl (C=O) groups is 1. The third-order valence-corrected chi connectivity index (χ3v) is 3.77. The molecule has 0 saturated heterocycles. The van der Waals surface area contributed by atoms with Crippen molar-refractivity contribution in [3.8, 4) is 0 Å². The summed E-state index contributed by atoms with van der Waals surface area (Å²) in [4.78, 5) is 16.0. The highest BCUT2D eigenvalue weighted by atomic mass is 79.9. The van der Waals surface area contributed by atoms with Gasteiger partial charge in [-0.25, -0.2) is 0 Å². The first-order valence-electron chi connectivity index (χ1n) is 5.87. The summed E-state index contributed by atoms with van der Waals surface area (Å²) in [6.07, 6.45) is 0.963. The van der Waals surface area contributed by atoms with Crippen LogP contribution in [0.5, 0.6) is 0 Å². The van der Waals surface area contributed by atoms with Crippen molar-refractivity contribution in [2.24, 2.45) is 0 Å². The molecule has 0 N–H and O–H groups in total. The third kappa shape index (κ3) is 2.18. The van der Waals surface area contributed by atoms with Crippen molar-refractivity contribution in [2.75, 3.05) is 23.4 Å². The average Bonchev–Trinajstić information content (AvgIpc) is 2.29. The van der Waals surface area contributed by atoms with E-state index in [-0.39, 0.29) is 11.9 Å². The van der Waals surface area contributed by atoms with Crippen LogP contribution in [0.25, 0.3) is 0 Å². The molecule has 0 radical (unpaired) electrons. The highest BCUT2D eigenvalue weighted by molar-refractivity contribution is 9.10. The molecule has 1 heterocycles. The number of hydrogen-bond donors (Lipinski definition) is 0. The smallest absolute Gasteiger partial charge is 0.246 e. The number of fused-ring (bicyclic) bond motifs is 1. The molecule has 92 valence electrons. The first-order valence-corrected chi connectivity index (χ1v) is 6.66. The maximum absolute atomic E-state index is 12.1. The standard InChI is InChI=1S/C13H17BrN2O/c1-4-9(2)16-11-6-5-10(14)7-12(11)15(3)8-13(16)17/h5-7,9H,4,8H2,1-3H3. The lowest BCUT2D eigenvalue weighted by Gasteiger charge is -2.38. The summed E-state index contributed by atoms with van der Waals surface area (Å²) in [5, 5.41) is 0. The lowest BCUT2D eigenvalue weighted by Crippen LogP contribution is -2.48. The summed E-state index contributed by atoms with van der Waals surface area (Å²) in [5.41, 5.74) is 2.13. The van der Waals surface area contributed by atoms with Gasteiger partial charge >= 0.3 is 0 Å².